The van der Waals surface area contributed by atoms with Crippen molar-refractivity contribution in [2.75, 3.05) is 0 Å². The first-order chi connectivity index (χ1) is 34.1. The van der Waals surface area contributed by atoms with Gasteiger partial charge in [-0.25, -0.2) is 9.97 Å². The van der Waals surface area contributed by atoms with Crippen LogP contribution < -0.4 is 0 Å². The number of carbonyl (C=O) groups is 1. The van der Waals surface area contributed by atoms with Gasteiger partial charge < -0.3 is 9.97 Å². The first-order valence-electron chi connectivity index (χ1n) is 25.4. The lowest BCUT2D eigenvalue weighted by Crippen LogP contribution is -2.11. The third-order valence-corrected chi connectivity index (χ3v) is 14.8. The minimum absolute atomic E-state index is 0.0134. The number of ketones is 1. The van der Waals surface area contributed by atoms with Crippen molar-refractivity contribution in [1.29, 1.82) is 0 Å². The lowest BCUT2D eigenvalue weighted by Gasteiger charge is -2.21. The molecule has 8 bridgehead atoms. The van der Waals surface area contributed by atoms with Crippen molar-refractivity contribution >= 4 is 61.7 Å². The molecule has 0 amide bonds. The number of fused-ring (bicyclic) bond motifs is 10. The summed E-state index contributed by atoms with van der Waals surface area (Å²) in [5.74, 6) is -0.106. The zero-order valence-electron chi connectivity index (χ0n) is 43.8. The number of nitrogens with zero attached hydrogens (tertiary/aromatic N) is 2. The van der Waals surface area contributed by atoms with Gasteiger partial charge in [-0.2, -0.15) is 0 Å². The Morgan fingerprint density at radius 3 is 1.24 bits per heavy atom. The minimum Gasteiger partial charge on any atom is -0.354 e. The van der Waals surface area contributed by atoms with Crippen molar-refractivity contribution < 1.29 is 4.79 Å². The van der Waals surface area contributed by atoms with E-state index in [1.54, 1.807) is 0 Å². The number of nitrogens with one attached hydrogen (secondary N) is 2. The number of rotatable bonds is 4. The molecule has 2 N–H and O–H groups in total. The summed E-state index contributed by atoms with van der Waals surface area (Å²) in [5, 5.41) is 2.93. The highest BCUT2D eigenvalue weighted by Crippen LogP contribution is 2.46. The van der Waals surface area contributed by atoms with Crippen LogP contribution in [-0.4, -0.2) is 25.7 Å². The maximum Gasteiger partial charge on any atom is 0.214 e. The predicted octanol–water partition coefficient (Wildman–Crippen LogP) is 17.9. The molecule has 11 rings (SSSR count). The Bertz CT molecular complexity index is 3860. The lowest BCUT2D eigenvalue weighted by atomic mass is 9.82. The molecule has 3 aromatic heterocycles. The van der Waals surface area contributed by atoms with Crippen LogP contribution in [0.25, 0.3) is 100 Å². The Labute approximate surface area is 424 Å². The van der Waals surface area contributed by atoms with E-state index in [0.717, 1.165) is 94.1 Å². The van der Waals surface area contributed by atoms with Crippen LogP contribution in [0.4, 0.5) is 0 Å². The van der Waals surface area contributed by atoms with Gasteiger partial charge in [0.05, 0.1) is 22.5 Å². The van der Waals surface area contributed by atoms with Gasteiger partial charge in [0, 0.05) is 49.7 Å². The Morgan fingerprint density at radius 1 is 0.361 bits per heavy atom. The van der Waals surface area contributed by atoms with Crippen molar-refractivity contribution in [3.05, 3.63) is 190 Å². The van der Waals surface area contributed by atoms with Crippen LogP contribution >= 0.6 is 0 Å². The average molecular weight is 941 g/mol. The summed E-state index contributed by atoms with van der Waals surface area (Å²) in [7, 11) is 0. The predicted molar refractivity (Wildman–Crippen MR) is 305 cm³/mol. The van der Waals surface area contributed by atoms with Gasteiger partial charge in [0.1, 0.15) is 5.69 Å². The smallest absolute Gasteiger partial charge is 0.214 e. The molecule has 358 valence electrons. The lowest BCUT2D eigenvalue weighted by molar-refractivity contribution is 0.104. The maximum atomic E-state index is 16.1. The highest BCUT2D eigenvalue weighted by Gasteiger charge is 2.32. The molecule has 2 aliphatic rings. The van der Waals surface area contributed by atoms with Crippen molar-refractivity contribution in [2.45, 2.75) is 105 Å². The molecule has 5 heteroatoms. The number of aromatic nitrogens is 4. The van der Waals surface area contributed by atoms with Gasteiger partial charge in [-0.05, 0) is 119 Å². The fourth-order valence-electron chi connectivity index (χ4n) is 10.6. The number of aromatic amines is 2. The normalized spacial score (nSPS) is 13.2. The van der Waals surface area contributed by atoms with Crippen LogP contribution in [0.1, 0.15) is 133 Å². The molecule has 6 aromatic carbocycles. The summed E-state index contributed by atoms with van der Waals surface area (Å²) in [5.41, 5.74) is 19.1. The molecular weight excluding hydrogens is 877 g/mol. The Balaban J connectivity index is 1.35. The molecule has 0 unspecified atom stereocenters. The third-order valence-electron chi connectivity index (χ3n) is 14.8. The number of H-pyrrole nitrogens is 2. The topological polar surface area (TPSA) is 74.4 Å². The first kappa shape index (κ1) is 46.7. The van der Waals surface area contributed by atoms with Crippen molar-refractivity contribution in [2.24, 2.45) is 0 Å². The summed E-state index contributed by atoms with van der Waals surface area (Å²) in [4.78, 5) is 35.2. The number of hydrogen-bond donors (Lipinski definition) is 2. The highest BCUT2D eigenvalue weighted by atomic mass is 16.1. The van der Waals surface area contributed by atoms with Gasteiger partial charge in [0.2, 0.25) is 5.78 Å². The van der Waals surface area contributed by atoms with E-state index < -0.39 is 0 Å². The Kier molecular flexibility index (Phi) is 10.9. The number of benzene rings is 6. The van der Waals surface area contributed by atoms with Crippen molar-refractivity contribution in [3.8, 4) is 44.5 Å². The fourth-order valence-corrected chi connectivity index (χ4v) is 10.6. The van der Waals surface area contributed by atoms with Crippen LogP contribution in [0.2, 0.25) is 0 Å². The Morgan fingerprint density at radius 2 is 0.764 bits per heavy atom. The van der Waals surface area contributed by atoms with Crippen LogP contribution in [0.5, 0.6) is 0 Å². The summed E-state index contributed by atoms with van der Waals surface area (Å²) in [6.45, 7) is 26.9. The van der Waals surface area contributed by atoms with E-state index in [9.17, 15) is 0 Å². The average Bonchev–Trinajstić information content (AvgIpc) is 4.17. The molecule has 5 nitrogen and oxygen atoms in total. The van der Waals surface area contributed by atoms with E-state index >= 15 is 4.79 Å². The second kappa shape index (κ2) is 16.7. The number of carbonyl (C=O) groups excluding carboxylic acids is 1. The molecule has 0 fully saturated rings. The van der Waals surface area contributed by atoms with Gasteiger partial charge in [-0.1, -0.05) is 198 Å². The van der Waals surface area contributed by atoms with Gasteiger partial charge in [-0.15, -0.1) is 0 Å². The minimum atomic E-state index is -0.146. The zero-order valence-corrected chi connectivity index (χ0v) is 43.8. The Hall–Kier alpha value is -7.63. The van der Waals surface area contributed by atoms with Gasteiger partial charge in [0.15, 0.2) is 0 Å². The molecule has 0 spiro atoms. The van der Waals surface area contributed by atoms with Gasteiger partial charge >= 0.3 is 0 Å². The second-order valence-electron chi connectivity index (χ2n) is 24.0. The van der Waals surface area contributed by atoms with E-state index in [1.165, 1.54) is 22.3 Å². The molecule has 0 saturated carbocycles. The summed E-state index contributed by atoms with van der Waals surface area (Å²) in [6.07, 6.45) is 4.31. The summed E-state index contributed by atoms with van der Waals surface area (Å²) >= 11 is 0. The first-order valence-corrected chi connectivity index (χ1v) is 25.4. The molecule has 5 heterocycles. The van der Waals surface area contributed by atoms with E-state index in [0.29, 0.717) is 16.8 Å². The summed E-state index contributed by atoms with van der Waals surface area (Å²) < 4.78 is 0. The van der Waals surface area contributed by atoms with Crippen molar-refractivity contribution in [3.63, 3.8) is 0 Å². The van der Waals surface area contributed by atoms with Gasteiger partial charge in [0.25, 0.3) is 0 Å². The van der Waals surface area contributed by atoms with E-state index in [-0.39, 0.29) is 27.4 Å². The zero-order chi connectivity index (χ0) is 50.6. The maximum absolute atomic E-state index is 16.1. The quantitative estimate of drug-likeness (QED) is 0.185. The molecule has 2 aliphatic heterocycles. The van der Waals surface area contributed by atoms with Gasteiger partial charge in [-0.3, -0.25) is 4.79 Å². The molecule has 9 aromatic rings. The molecule has 72 heavy (non-hydrogen) atoms. The van der Waals surface area contributed by atoms with E-state index in [1.807, 2.05) is 6.07 Å². The molecule has 0 atom stereocenters. The molecule has 0 radical (unpaired) electrons. The third kappa shape index (κ3) is 8.09. The fraction of sp³-hybridized carbons (Fsp3) is 0.239. The SMILES string of the molecule is CC(C)(C)c1ccc(-c2c3nc(c(-c4ccc(C(C)(C)C)cc4)c4ccc([nH]4)c4c5nc(c(-c6ccc(C(C)(C)C)cc6)c6ccc2[nH]6)C(=O)c5c(-c2ccccc2)c2cc(C(C)(C)C)ccc24)C=C3)cc1. The van der Waals surface area contributed by atoms with Crippen LogP contribution in [-0.2, 0) is 21.7 Å². The highest BCUT2D eigenvalue weighted by molar-refractivity contribution is 6.32. The van der Waals surface area contributed by atoms with Crippen LogP contribution in [0.3, 0.4) is 0 Å². The van der Waals surface area contributed by atoms with E-state index in [4.69, 9.17) is 9.97 Å². The van der Waals surface area contributed by atoms with Crippen LogP contribution in [0.15, 0.2) is 146 Å². The van der Waals surface area contributed by atoms with Crippen LogP contribution in [0, 0.1) is 0 Å². The number of hydrogen-bond acceptors (Lipinski definition) is 3. The second-order valence-corrected chi connectivity index (χ2v) is 24.0. The molecular formula is C67H64N4O. The molecule has 0 saturated heterocycles. The summed E-state index contributed by atoms with van der Waals surface area (Å²) in [6, 6.07) is 52.3. The molecule has 0 aliphatic carbocycles. The van der Waals surface area contributed by atoms with Crippen molar-refractivity contribution in [1.82, 2.24) is 19.9 Å². The monoisotopic (exact) mass is 941 g/mol. The standard InChI is InChI=1S/C67H64N4O/c1-64(2,3)43-24-18-40(19-25-43)56-49-32-33-50(68-49)57(41-20-26-44(27-21-41)65(4,5)6)52-35-37-54(70-52)59-47-31-30-46(67(10,11)12)38-48(47)55(39-16-14-13-15-17-39)60-61(59)71-62(63(60)72)58(53-36-34-51(56)69-53)42-22-28-45(29-23-42)66(7,8)9/h13-38,69-70H,1-12H3. The largest absolute Gasteiger partial charge is 0.354 e. The van der Waals surface area contributed by atoms with E-state index in [2.05, 4.69) is 245 Å².